The highest BCUT2D eigenvalue weighted by Crippen LogP contribution is 2.04. The lowest BCUT2D eigenvalue weighted by Gasteiger charge is -2.15. The van der Waals surface area contributed by atoms with Gasteiger partial charge in [0.1, 0.15) is 5.25 Å². The summed E-state index contributed by atoms with van der Waals surface area (Å²) in [6, 6.07) is 0.0362. The van der Waals surface area contributed by atoms with Crippen LogP contribution >= 0.6 is 12.2 Å². The van der Waals surface area contributed by atoms with E-state index in [4.69, 9.17) is 18.0 Å². The molecule has 1 atom stereocenters. The van der Waals surface area contributed by atoms with Gasteiger partial charge in [0.05, 0.1) is 4.99 Å². The molecule has 8 heteroatoms. The number of rotatable bonds is 8. The molecule has 0 fully saturated rings. The van der Waals surface area contributed by atoms with Crippen LogP contribution in [0.1, 0.15) is 33.6 Å². The van der Waals surface area contributed by atoms with Crippen molar-refractivity contribution < 1.29 is 13.2 Å². The van der Waals surface area contributed by atoms with Crippen LogP contribution in [-0.4, -0.2) is 37.2 Å². The molecule has 0 radical (unpaired) electrons. The molecule has 0 aromatic heterocycles. The summed E-state index contributed by atoms with van der Waals surface area (Å²) in [5, 5.41) is 1.78. The largest absolute Gasteiger partial charge is 0.392 e. The average Bonchev–Trinajstić information content (AvgIpc) is 2.15. The van der Waals surface area contributed by atoms with Crippen molar-refractivity contribution in [3.8, 4) is 0 Å². The zero-order valence-corrected chi connectivity index (χ0v) is 12.5. The van der Waals surface area contributed by atoms with E-state index in [-0.39, 0.29) is 29.9 Å². The molecule has 0 aliphatic rings. The molecular formula is C10H21N3O3S2. The zero-order valence-electron chi connectivity index (χ0n) is 10.9. The van der Waals surface area contributed by atoms with E-state index in [1.54, 1.807) is 6.92 Å². The maximum absolute atomic E-state index is 11.8. The molecule has 0 aromatic rings. The van der Waals surface area contributed by atoms with E-state index >= 15 is 0 Å². The maximum Gasteiger partial charge on any atom is 0.221 e. The minimum absolute atomic E-state index is 0.0362. The van der Waals surface area contributed by atoms with Gasteiger partial charge in [0, 0.05) is 19.0 Å². The number of amides is 1. The van der Waals surface area contributed by atoms with E-state index in [0.29, 0.717) is 6.42 Å². The number of carbonyl (C=O) groups is 1. The Hall–Kier alpha value is -0.730. The van der Waals surface area contributed by atoms with Gasteiger partial charge in [0.2, 0.25) is 15.9 Å². The third-order valence-electron chi connectivity index (χ3n) is 2.17. The molecule has 0 saturated carbocycles. The molecule has 0 saturated heterocycles. The highest BCUT2D eigenvalue weighted by molar-refractivity contribution is 7.93. The van der Waals surface area contributed by atoms with E-state index in [1.807, 2.05) is 13.8 Å². The van der Waals surface area contributed by atoms with E-state index in [9.17, 15) is 13.2 Å². The molecule has 18 heavy (non-hydrogen) atoms. The number of nitrogens with one attached hydrogen (secondary N) is 2. The molecule has 0 heterocycles. The predicted molar refractivity (Wildman–Crippen MR) is 75.7 cm³/mol. The maximum atomic E-state index is 11.8. The number of thiocarbonyl (C=S) groups is 1. The van der Waals surface area contributed by atoms with Gasteiger partial charge in [-0.05, 0) is 20.3 Å². The third-order valence-corrected chi connectivity index (χ3v) is 4.54. The van der Waals surface area contributed by atoms with Crippen molar-refractivity contribution in [3.63, 3.8) is 0 Å². The molecule has 1 unspecified atom stereocenters. The van der Waals surface area contributed by atoms with Crippen molar-refractivity contribution >= 4 is 33.1 Å². The van der Waals surface area contributed by atoms with Gasteiger partial charge in [-0.1, -0.05) is 19.1 Å². The fourth-order valence-corrected chi connectivity index (χ4v) is 3.25. The van der Waals surface area contributed by atoms with E-state index < -0.39 is 15.3 Å². The van der Waals surface area contributed by atoms with Gasteiger partial charge in [-0.25, -0.2) is 13.1 Å². The molecule has 6 nitrogen and oxygen atoms in total. The van der Waals surface area contributed by atoms with E-state index in [2.05, 4.69) is 10.0 Å². The number of carbonyl (C=O) groups excluding carboxylic acids is 1. The molecule has 0 rings (SSSR count). The standard InChI is InChI=1S/C10H21N3O3S2/c1-4-8(10(11)17)18(15,16)12-6-5-9(14)13-7(2)3/h7-8,12H,4-6H2,1-3H3,(H2,11,17)(H,13,14). The Labute approximate surface area is 114 Å². The molecule has 1 amide bonds. The van der Waals surface area contributed by atoms with Crippen LogP contribution in [0.3, 0.4) is 0 Å². The predicted octanol–water partition coefficient (Wildman–Crippen LogP) is -0.115. The van der Waals surface area contributed by atoms with E-state index in [0.717, 1.165) is 0 Å². The van der Waals surface area contributed by atoms with Crippen molar-refractivity contribution in [1.82, 2.24) is 10.0 Å². The van der Waals surface area contributed by atoms with Crippen molar-refractivity contribution in [2.24, 2.45) is 5.73 Å². The van der Waals surface area contributed by atoms with Crippen molar-refractivity contribution in [1.29, 1.82) is 0 Å². The number of sulfonamides is 1. The first-order valence-corrected chi connectivity index (χ1v) is 7.73. The van der Waals surface area contributed by atoms with Gasteiger partial charge < -0.3 is 11.1 Å². The minimum Gasteiger partial charge on any atom is -0.392 e. The average molecular weight is 295 g/mol. The monoisotopic (exact) mass is 295 g/mol. The fourth-order valence-electron chi connectivity index (χ4n) is 1.38. The second-order valence-electron chi connectivity index (χ2n) is 4.21. The first-order chi connectivity index (χ1) is 8.20. The zero-order chi connectivity index (χ0) is 14.3. The van der Waals surface area contributed by atoms with Gasteiger partial charge in [0.15, 0.2) is 0 Å². The molecule has 4 N–H and O–H groups in total. The fraction of sp³-hybridized carbons (Fsp3) is 0.800. The van der Waals surface area contributed by atoms with Gasteiger partial charge >= 0.3 is 0 Å². The molecule has 106 valence electrons. The Kier molecular flexibility index (Phi) is 7.34. The SMILES string of the molecule is CCC(C(N)=S)S(=O)(=O)NCCC(=O)NC(C)C. The van der Waals surface area contributed by atoms with Gasteiger partial charge in [-0.15, -0.1) is 0 Å². The molecular weight excluding hydrogens is 274 g/mol. The molecule has 0 aliphatic carbocycles. The Balaban J connectivity index is 4.28. The summed E-state index contributed by atoms with van der Waals surface area (Å²) in [6.07, 6.45) is 0.397. The smallest absolute Gasteiger partial charge is 0.221 e. The normalized spacial score (nSPS) is 13.3. The first-order valence-electron chi connectivity index (χ1n) is 5.77. The first kappa shape index (κ1) is 17.3. The quantitative estimate of drug-likeness (QED) is 0.542. The highest BCUT2D eigenvalue weighted by atomic mass is 32.2. The lowest BCUT2D eigenvalue weighted by Crippen LogP contribution is -2.43. The summed E-state index contributed by atoms with van der Waals surface area (Å²) in [6.45, 7) is 5.40. The molecule has 0 spiro atoms. The van der Waals surface area contributed by atoms with Crippen LogP contribution in [0, 0.1) is 0 Å². The summed E-state index contributed by atoms with van der Waals surface area (Å²) in [5.74, 6) is -0.198. The number of nitrogens with two attached hydrogens (primary N) is 1. The lowest BCUT2D eigenvalue weighted by atomic mass is 10.3. The van der Waals surface area contributed by atoms with Crippen molar-refractivity contribution in [2.45, 2.75) is 44.9 Å². The van der Waals surface area contributed by atoms with Gasteiger partial charge in [-0.3, -0.25) is 4.79 Å². The van der Waals surface area contributed by atoms with Crippen molar-refractivity contribution in [3.05, 3.63) is 0 Å². The summed E-state index contributed by atoms with van der Waals surface area (Å²) in [4.78, 5) is 11.3. The second-order valence-corrected chi connectivity index (χ2v) is 6.63. The highest BCUT2D eigenvalue weighted by Gasteiger charge is 2.25. The van der Waals surface area contributed by atoms with Crippen LogP contribution in [0.15, 0.2) is 0 Å². The summed E-state index contributed by atoms with van der Waals surface area (Å²) < 4.78 is 25.9. The van der Waals surface area contributed by atoms with Crippen LogP contribution in [0.2, 0.25) is 0 Å². The van der Waals surface area contributed by atoms with Crippen molar-refractivity contribution in [2.75, 3.05) is 6.54 Å². The molecule has 0 aliphatic heterocycles. The Morgan fingerprint density at radius 3 is 2.33 bits per heavy atom. The van der Waals surface area contributed by atoms with Crippen LogP contribution in [0.25, 0.3) is 0 Å². The van der Waals surface area contributed by atoms with Gasteiger partial charge in [-0.2, -0.15) is 0 Å². The van der Waals surface area contributed by atoms with Crippen LogP contribution in [0.4, 0.5) is 0 Å². The Bertz CT molecular complexity index is 393. The van der Waals surface area contributed by atoms with Gasteiger partial charge in [0.25, 0.3) is 0 Å². The summed E-state index contributed by atoms with van der Waals surface area (Å²) >= 11 is 4.70. The number of hydrogen-bond donors (Lipinski definition) is 3. The topological polar surface area (TPSA) is 101 Å². The minimum atomic E-state index is -3.59. The number of hydrogen-bond acceptors (Lipinski definition) is 4. The van der Waals surface area contributed by atoms with E-state index in [1.165, 1.54) is 0 Å². The molecule has 0 bridgehead atoms. The van der Waals surface area contributed by atoms with Crippen LogP contribution < -0.4 is 15.8 Å². The van der Waals surface area contributed by atoms with Crippen LogP contribution in [-0.2, 0) is 14.8 Å². The Morgan fingerprint density at radius 2 is 1.94 bits per heavy atom. The second kappa shape index (κ2) is 7.65. The van der Waals surface area contributed by atoms with Crippen LogP contribution in [0.5, 0.6) is 0 Å². The third kappa shape index (κ3) is 6.27. The lowest BCUT2D eigenvalue weighted by molar-refractivity contribution is -0.121. The molecule has 0 aromatic carbocycles. The summed E-state index contributed by atoms with van der Waals surface area (Å²) in [5.41, 5.74) is 5.36. The summed E-state index contributed by atoms with van der Waals surface area (Å²) in [7, 11) is -3.59. The Morgan fingerprint density at radius 1 is 1.39 bits per heavy atom.